The van der Waals surface area contributed by atoms with E-state index in [0.29, 0.717) is 12.1 Å². The molecule has 0 spiro atoms. The lowest BCUT2D eigenvalue weighted by Crippen LogP contribution is -2.28. The van der Waals surface area contributed by atoms with E-state index in [2.05, 4.69) is 5.32 Å². The molecule has 3 N–H and O–H groups in total. The summed E-state index contributed by atoms with van der Waals surface area (Å²) >= 11 is 1.64. The van der Waals surface area contributed by atoms with Gasteiger partial charge < -0.3 is 15.5 Å². The number of hydrogen-bond donors (Lipinski definition) is 3. The molecular formula is C13H13BrFNO2S. The van der Waals surface area contributed by atoms with Crippen LogP contribution < -0.4 is 5.32 Å². The van der Waals surface area contributed by atoms with Crippen molar-refractivity contribution in [2.45, 2.75) is 12.5 Å². The minimum Gasteiger partial charge on any atom is -0.504 e. The molecule has 1 aliphatic rings. The minimum atomic E-state index is -0.490. The quantitative estimate of drug-likeness (QED) is 0.696. The number of benzene rings is 1. The number of fused-ring (bicyclic) bond motifs is 1. The standard InChI is InChI=1S/C13H12FNO2S.BrH/c14-10-4-12(17)11(16)3-8(10)9-5-15-6-13-7(9)1-2-18-13;/h1-4,9,15-17H,5-6H2;1H. The normalized spacial score (nSPS) is 17.6. The number of phenolic OH excluding ortho intramolecular Hbond substituents is 2. The summed E-state index contributed by atoms with van der Waals surface area (Å²) < 4.78 is 13.9. The lowest BCUT2D eigenvalue weighted by atomic mass is 9.89. The Balaban J connectivity index is 0.00000133. The molecular weight excluding hydrogens is 333 g/mol. The second kappa shape index (κ2) is 5.48. The Morgan fingerprint density at radius 1 is 1.21 bits per heavy atom. The average molecular weight is 346 g/mol. The van der Waals surface area contributed by atoms with Gasteiger partial charge in [-0.1, -0.05) is 0 Å². The molecule has 0 saturated heterocycles. The number of rotatable bonds is 1. The second-order valence-corrected chi connectivity index (χ2v) is 5.35. The van der Waals surface area contributed by atoms with E-state index in [9.17, 15) is 14.6 Å². The monoisotopic (exact) mass is 345 g/mol. The Morgan fingerprint density at radius 3 is 2.74 bits per heavy atom. The highest BCUT2D eigenvalue weighted by Crippen LogP contribution is 2.38. The third-order valence-electron chi connectivity index (χ3n) is 3.26. The van der Waals surface area contributed by atoms with Crippen LogP contribution in [0.15, 0.2) is 23.6 Å². The van der Waals surface area contributed by atoms with Crippen molar-refractivity contribution in [3.63, 3.8) is 0 Å². The first-order valence-electron chi connectivity index (χ1n) is 5.65. The Bertz CT molecular complexity index is 602. The number of hydrogen-bond acceptors (Lipinski definition) is 4. The lowest BCUT2D eigenvalue weighted by Gasteiger charge is -2.24. The fourth-order valence-corrected chi connectivity index (χ4v) is 3.27. The smallest absolute Gasteiger partial charge is 0.160 e. The largest absolute Gasteiger partial charge is 0.504 e. The number of phenols is 2. The third-order valence-corrected chi connectivity index (χ3v) is 4.20. The van der Waals surface area contributed by atoms with E-state index in [1.807, 2.05) is 11.4 Å². The average Bonchev–Trinajstić information content (AvgIpc) is 2.82. The van der Waals surface area contributed by atoms with Gasteiger partial charge in [-0.3, -0.25) is 0 Å². The molecule has 1 aromatic heterocycles. The molecule has 1 atom stereocenters. The molecule has 6 heteroatoms. The van der Waals surface area contributed by atoms with Crippen LogP contribution in [0.25, 0.3) is 0 Å². The molecule has 1 aromatic carbocycles. The van der Waals surface area contributed by atoms with Gasteiger partial charge in [-0.05, 0) is 23.1 Å². The molecule has 102 valence electrons. The van der Waals surface area contributed by atoms with Crippen LogP contribution in [0.3, 0.4) is 0 Å². The summed E-state index contributed by atoms with van der Waals surface area (Å²) in [5.41, 5.74) is 1.51. The van der Waals surface area contributed by atoms with Crippen LogP contribution in [0.5, 0.6) is 11.5 Å². The summed E-state index contributed by atoms with van der Waals surface area (Å²) in [6.07, 6.45) is 0. The van der Waals surface area contributed by atoms with E-state index in [1.165, 1.54) is 10.9 Å². The molecule has 1 aliphatic heterocycles. The van der Waals surface area contributed by atoms with E-state index in [1.54, 1.807) is 11.3 Å². The number of thiophene rings is 1. The summed E-state index contributed by atoms with van der Waals surface area (Å²) in [5, 5.41) is 24.0. The Hall–Kier alpha value is -1.11. The topological polar surface area (TPSA) is 52.5 Å². The van der Waals surface area contributed by atoms with Crippen LogP contribution in [-0.4, -0.2) is 16.8 Å². The zero-order valence-corrected chi connectivity index (χ0v) is 12.4. The molecule has 3 rings (SSSR count). The maximum atomic E-state index is 13.9. The number of nitrogens with one attached hydrogen (secondary N) is 1. The van der Waals surface area contributed by atoms with E-state index in [-0.39, 0.29) is 28.6 Å². The molecule has 3 nitrogen and oxygen atoms in total. The molecule has 0 aliphatic carbocycles. The van der Waals surface area contributed by atoms with Gasteiger partial charge in [0.25, 0.3) is 0 Å². The van der Waals surface area contributed by atoms with Gasteiger partial charge >= 0.3 is 0 Å². The lowest BCUT2D eigenvalue weighted by molar-refractivity contribution is 0.397. The highest BCUT2D eigenvalue weighted by Gasteiger charge is 2.25. The van der Waals surface area contributed by atoms with Gasteiger partial charge in [-0.15, -0.1) is 28.3 Å². The molecule has 19 heavy (non-hydrogen) atoms. The van der Waals surface area contributed by atoms with Crippen molar-refractivity contribution < 1.29 is 14.6 Å². The minimum absolute atomic E-state index is 0. The van der Waals surface area contributed by atoms with E-state index < -0.39 is 11.6 Å². The number of aromatic hydroxyl groups is 2. The Kier molecular flexibility index (Phi) is 4.13. The highest BCUT2D eigenvalue weighted by atomic mass is 79.9. The van der Waals surface area contributed by atoms with Crippen LogP contribution in [0.2, 0.25) is 0 Å². The van der Waals surface area contributed by atoms with Crippen LogP contribution in [0, 0.1) is 5.82 Å². The first-order chi connectivity index (χ1) is 8.66. The first kappa shape index (κ1) is 14.3. The Morgan fingerprint density at radius 2 is 1.95 bits per heavy atom. The van der Waals surface area contributed by atoms with Gasteiger partial charge in [-0.2, -0.15) is 0 Å². The zero-order valence-electron chi connectivity index (χ0n) is 9.89. The summed E-state index contributed by atoms with van der Waals surface area (Å²) in [6, 6.07) is 4.27. The van der Waals surface area contributed by atoms with Gasteiger partial charge in [0.15, 0.2) is 11.5 Å². The summed E-state index contributed by atoms with van der Waals surface area (Å²) in [6.45, 7) is 1.43. The highest BCUT2D eigenvalue weighted by molar-refractivity contribution is 8.93. The van der Waals surface area contributed by atoms with Crippen LogP contribution >= 0.6 is 28.3 Å². The SMILES string of the molecule is Br.Oc1cc(F)c(C2CNCc3sccc32)cc1O. The first-order valence-corrected chi connectivity index (χ1v) is 6.53. The Labute approximate surface area is 124 Å². The van der Waals surface area contributed by atoms with Crippen LogP contribution in [-0.2, 0) is 6.54 Å². The van der Waals surface area contributed by atoms with Crippen molar-refractivity contribution in [2.24, 2.45) is 0 Å². The molecule has 1 unspecified atom stereocenters. The fraction of sp³-hybridized carbons (Fsp3) is 0.231. The molecule has 0 radical (unpaired) electrons. The van der Waals surface area contributed by atoms with E-state index in [4.69, 9.17) is 0 Å². The van der Waals surface area contributed by atoms with Crippen molar-refractivity contribution in [3.05, 3.63) is 45.4 Å². The fourth-order valence-electron chi connectivity index (χ4n) is 2.36. The maximum Gasteiger partial charge on any atom is 0.160 e. The molecule has 0 amide bonds. The summed E-state index contributed by atoms with van der Waals surface area (Å²) in [4.78, 5) is 1.19. The van der Waals surface area contributed by atoms with Gasteiger partial charge in [0, 0.05) is 35.5 Å². The van der Waals surface area contributed by atoms with E-state index in [0.717, 1.165) is 18.2 Å². The second-order valence-electron chi connectivity index (χ2n) is 4.35. The van der Waals surface area contributed by atoms with Crippen molar-refractivity contribution in [1.29, 1.82) is 0 Å². The van der Waals surface area contributed by atoms with E-state index >= 15 is 0 Å². The third kappa shape index (κ3) is 2.48. The van der Waals surface area contributed by atoms with Crippen molar-refractivity contribution in [2.75, 3.05) is 6.54 Å². The van der Waals surface area contributed by atoms with Crippen LogP contribution in [0.1, 0.15) is 21.9 Å². The molecule has 0 saturated carbocycles. The summed E-state index contributed by atoms with van der Waals surface area (Å²) in [7, 11) is 0. The predicted octanol–water partition coefficient (Wildman–Crippen LogP) is 3.11. The molecule has 0 fully saturated rings. The number of halogens is 2. The van der Waals surface area contributed by atoms with Crippen LogP contribution in [0.4, 0.5) is 4.39 Å². The predicted molar refractivity (Wildman–Crippen MR) is 77.9 cm³/mol. The molecule has 2 heterocycles. The van der Waals surface area contributed by atoms with Gasteiger partial charge in [-0.25, -0.2) is 4.39 Å². The van der Waals surface area contributed by atoms with Gasteiger partial charge in [0.05, 0.1) is 0 Å². The zero-order chi connectivity index (χ0) is 12.7. The molecule has 0 bridgehead atoms. The van der Waals surface area contributed by atoms with Crippen molar-refractivity contribution in [1.82, 2.24) is 5.32 Å². The summed E-state index contributed by atoms with van der Waals surface area (Å²) in [5.74, 6) is -1.32. The molecule has 2 aromatic rings. The van der Waals surface area contributed by atoms with Gasteiger partial charge in [0.1, 0.15) is 5.82 Å². The van der Waals surface area contributed by atoms with Gasteiger partial charge in [0.2, 0.25) is 0 Å². The maximum absolute atomic E-state index is 13.9. The van der Waals surface area contributed by atoms with Crippen molar-refractivity contribution >= 4 is 28.3 Å². The van der Waals surface area contributed by atoms with Crippen molar-refractivity contribution in [3.8, 4) is 11.5 Å².